The molecule has 162 valence electrons. The Morgan fingerprint density at radius 3 is 2.61 bits per heavy atom. The summed E-state index contributed by atoms with van der Waals surface area (Å²) >= 11 is 1.47. The maximum atomic E-state index is 12.9. The quantitative estimate of drug-likeness (QED) is 0.536. The molecule has 0 atom stereocenters. The summed E-state index contributed by atoms with van der Waals surface area (Å²) in [6.07, 6.45) is 3.64. The van der Waals surface area contributed by atoms with Crippen LogP contribution in [0.4, 0.5) is 5.00 Å². The molecule has 0 radical (unpaired) electrons. The van der Waals surface area contributed by atoms with E-state index in [1.165, 1.54) is 11.3 Å². The Morgan fingerprint density at radius 1 is 1.16 bits per heavy atom. The lowest BCUT2D eigenvalue weighted by atomic mass is 9.95. The minimum absolute atomic E-state index is 0.227. The number of nitrogens with one attached hydrogen (secondary N) is 2. The van der Waals surface area contributed by atoms with E-state index in [0.29, 0.717) is 22.0 Å². The Bertz CT molecular complexity index is 1100. The fourth-order valence-electron chi connectivity index (χ4n) is 3.66. The van der Waals surface area contributed by atoms with Gasteiger partial charge in [0, 0.05) is 10.4 Å². The van der Waals surface area contributed by atoms with Gasteiger partial charge in [0.2, 0.25) is 0 Å². The van der Waals surface area contributed by atoms with Crippen LogP contribution in [0, 0.1) is 0 Å². The minimum atomic E-state index is -0.381. The third-order valence-electron chi connectivity index (χ3n) is 5.15. The summed E-state index contributed by atoms with van der Waals surface area (Å²) in [6.45, 7) is 3.64. The minimum Gasteiger partial charge on any atom is -0.497 e. The summed E-state index contributed by atoms with van der Waals surface area (Å²) in [5.41, 5.74) is 3.35. The van der Waals surface area contributed by atoms with Gasteiger partial charge in [0.05, 0.1) is 24.5 Å². The van der Waals surface area contributed by atoms with Gasteiger partial charge in [-0.2, -0.15) is 5.10 Å². The number of aromatic amines is 1. The number of amides is 1. The number of H-pyrrole nitrogens is 1. The van der Waals surface area contributed by atoms with Crippen LogP contribution < -0.4 is 10.1 Å². The predicted molar refractivity (Wildman–Crippen MR) is 120 cm³/mol. The highest BCUT2D eigenvalue weighted by atomic mass is 32.1. The van der Waals surface area contributed by atoms with Crippen LogP contribution >= 0.6 is 11.3 Å². The second-order valence-electron chi connectivity index (χ2n) is 7.72. The number of benzene rings is 1. The zero-order chi connectivity index (χ0) is 22.0. The SMILES string of the molecule is COc1ccc(-c2cc(C(=O)Nc3sc4c(c3C(=O)OC(C)C)CCCC4)[nH]n2)cc1. The average molecular weight is 440 g/mol. The summed E-state index contributed by atoms with van der Waals surface area (Å²) in [7, 11) is 1.61. The van der Waals surface area contributed by atoms with Gasteiger partial charge in [-0.3, -0.25) is 9.89 Å². The summed E-state index contributed by atoms with van der Waals surface area (Å²) in [5, 5.41) is 10.5. The van der Waals surface area contributed by atoms with Gasteiger partial charge in [0.1, 0.15) is 16.4 Å². The summed E-state index contributed by atoms with van der Waals surface area (Å²) < 4.78 is 10.6. The first-order chi connectivity index (χ1) is 15.0. The lowest BCUT2D eigenvalue weighted by molar-refractivity contribution is 0.0378. The van der Waals surface area contributed by atoms with Gasteiger partial charge in [-0.1, -0.05) is 0 Å². The molecule has 4 rings (SSSR count). The number of methoxy groups -OCH3 is 1. The fourth-order valence-corrected chi connectivity index (χ4v) is 4.93. The van der Waals surface area contributed by atoms with Crippen LogP contribution in [-0.4, -0.2) is 35.3 Å². The lowest BCUT2D eigenvalue weighted by Gasteiger charge is -2.14. The first kappa shape index (κ1) is 21.1. The standard InChI is InChI=1S/C23H25N3O4S/c1-13(2)30-23(28)20-16-6-4-5-7-19(16)31-22(20)24-21(27)18-12-17(25-26-18)14-8-10-15(29-3)11-9-14/h8-13H,4-7H2,1-3H3,(H,24,27)(H,25,26). The Morgan fingerprint density at radius 2 is 1.90 bits per heavy atom. The van der Waals surface area contributed by atoms with E-state index in [0.717, 1.165) is 47.4 Å². The van der Waals surface area contributed by atoms with Gasteiger partial charge in [-0.05, 0) is 75.4 Å². The first-order valence-electron chi connectivity index (χ1n) is 10.3. The number of carbonyl (C=O) groups is 2. The largest absolute Gasteiger partial charge is 0.497 e. The number of aromatic nitrogens is 2. The lowest BCUT2D eigenvalue weighted by Crippen LogP contribution is -2.18. The smallest absolute Gasteiger partial charge is 0.341 e. The van der Waals surface area contributed by atoms with Crippen molar-refractivity contribution in [3.05, 3.63) is 52.0 Å². The van der Waals surface area contributed by atoms with Gasteiger partial charge in [-0.25, -0.2) is 4.79 Å². The van der Waals surface area contributed by atoms with Crippen LogP contribution in [0.15, 0.2) is 30.3 Å². The molecule has 3 aromatic rings. The second kappa shape index (κ2) is 8.93. The molecule has 8 heteroatoms. The molecule has 2 heterocycles. The van der Waals surface area contributed by atoms with E-state index in [1.54, 1.807) is 13.2 Å². The molecule has 7 nitrogen and oxygen atoms in total. The Kier molecular flexibility index (Phi) is 6.08. The summed E-state index contributed by atoms with van der Waals surface area (Å²) in [4.78, 5) is 26.8. The number of rotatable bonds is 6. The van der Waals surface area contributed by atoms with Gasteiger partial charge >= 0.3 is 5.97 Å². The van der Waals surface area contributed by atoms with E-state index in [4.69, 9.17) is 9.47 Å². The molecule has 0 saturated carbocycles. The molecular formula is C23H25N3O4S. The van der Waals surface area contributed by atoms with E-state index in [1.807, 2.05) is 38.1 Å². The average Bonchev–Trinajstić information content (AvgIpc) is 3.38. The molecule has 0 bridgehead atoms. The molecular weight excluding hydrogens is 414 g/mol. The normalized spacial score (nSPS) is 13.0. The van der Waals surface area contributed by atoms with E-state index >= 15 is 0 Å². The number of esters is 1. The number of nitrogens with zero attached hydrogens (tertiary/aromatic N) is 1. The Labute approximate surface area is 184 Å². The van der Waals surface area contributed by atoms with E-state index in [9.17, 15) is 9.59 Å². The van der Waals surface area contributed by atoms with Crippen LogP contribution in [0.3, 0.4) is 0 Å². The van der Waals surface area contributed by atoms with Crippen molar-refractivity contribution in [1.29, 1.82) is 0 Å². The van der Waals surface area contributed by atoms with Crippen LogP contribution in [0.5, 0.6) is 5.75 Å². The number of aryl methyl sites for hydroxylation is 1. The third-order valence-corrected chi connectivity index (χ3v) is 6.36. The maximum Gasteiger partial charge on any atom is 0.341 e. The summed E-state index contributed by atoms with van der Waals surface area (Å²) in [5.74, 6) is 0.0254. The molecule has 0 fully saturated rings. The highest BCUT2D eigenvalue weighted by molar-refractivity contribution is 7.17. The third kappa shape index (κ3) is 4.49. The highest BCUT2D eigenvalue weighted by Gasteiger charge is 2.28. The van der Waals surface area contributed by atoms with E-state index in [2.05, 4.69) is 15.5 Å². The predicted octanol–water partition coefficient (Wildman–Crippen LogP) is 4.84. The molecule has 1 aliphatic rings. The molecule has 2 aromatic heterocycles. The molecule has 1 aliphatic carbocycles. The molecule has 0 aliphatic heterocycles. The zero-order valence-electron chi connectivity index (χ0n) is 17.8. The molecule has 2 N–H and O–H groups in total. The van der Waals surface area contributed by atoms with Crippen molar-refractivity contribution in [2.24, 2.45) is 0 Å². The highest BCUT2D eigenvalue weighted by Crippen LogP contribution is 2.39. The molecule has 31 heavy (non-hydrogen) atoms. The monoisotopic (exact) mass is 439 g/mol. The number of thiophene rings is 1. The number of ether oxygens (including phenoxy) is 2. The van der Waals surface area contributed by atoms with Crippen molar-refractivity contribution in [2.75, 3.05) is 12.4 Å². The number of fused-ring (bicyclic) bond motifs is 1. The van der Waals surface area contributed by atoms with Crippen molar-refractivity contribution < 1.29 is 19.1 Å². The van der Waals surface area contributed by atoms with Crippen LogP contribution in [0.2, 0.25) is 0 Å². The maximum absolute atomic E-state index is 12.9. The van der Waals surface area contributed by atoms with Gasteiger partial charge in [0.25, 0.3) is 5.91 Å². The van der Waals surface area contributed by atoms with Crippen molar-refractivity contribution in [2.45, 2.75) is 45.6 Å². The van der Waals surface area contributed by atoms with E-state index in [-0.39, 0.29) is 18.0 Å². The van der Waals surface area contributed by atoms with Crippen molar-refractivity contribution in [3.8, 4) is 17.0 Å². The first-order valence-corrected chi connectivity index (χ1v) is 11.1. The zero-order valence-corrected chi connectivity index (χ0v) is 18.6. The van der Waals surface area contributed by atoms with Crippen LogP contribution in [-0.2, 0) is 17.6 Å². The van der Waals surface area contributed by atoms with Crippen molar-refractivity contribution >= 4 is 28.2 Å². The Balaban J connectivity index is 1.58. The van der Waals surface area contributed by atoms with Gasteiger partial charge in [0.15, 0.2) is 0 Å². The molecule has 0 unspecified atom stereocenters. The summed E-state index contributed by atoms with van der Waals surface area (Å²) in [6, 6.07) is 9.13. The fraction of sp³-hybridized carbons (Fsp3) is 0.348. The molecule has 0 spiro atoms. The molecule has 1 aromatic carbocycles. The van der Waals surface area contributed by atoms with Gasteiger partial charge < -0.3 is 14.8 Å². The van der Waals surface area contributed by atoms with Gasteiger partial charge in [-0.15, -0.1) is 11.3 Å². The number of hydrogen-bond acceptors (Lipinski definition) is 6. The Hall–Kier alpha value is -3.13. The second-order valence-corrected chi connectivity index (χ2v) is 8.82. The number of hydrogen-bond donors (Lipinski definition) is 2. The van der Waals surface area contributed by atoms with E-state index < -0.39 is 0 Å². The topological polar surface area (TPSA) is 93.3 Å². The molecule has 1 amide bonds. The van der Waals surface area contributed by atoms with Crippen molar-refractivity contribution in [1.82, 2.24) is 10.2 Å². The molecule has 0 saturated heterocycles. The van der Waals surface area contributed by atoms with Crippen LogP contribution in [0.25, 0.3) is 11.3 Å². The number of carbonyl (C=O) groups excluding carboxylic acids is 2. The number of anilines is 1. The van der Waals surface area contributed by atoms with Crippen molar-refractivity contribution in [3.63, 3.8) is 0 Å². The van der Waals surface area contributed by atoms with Crippen LogP contribution in [0.1, 0.15) is 58.0 Å².